The van der Waals surface area contributed by atoms with Crippen LogP contribution < -0.4 is 16.0 Å². The van der Waals surface area contributed by atoms with Gasteiger partial charge in [-0.25, -0.2) is 9.78 Å². The number of nitrogens with one attached hydrogen (secondary N) is 4. The van der Waals surface area contributed by atoms with E-state index in [4.69, 9.17) is 0 Å². The van der Waals surface area contributed by atoms with E-state index in [0.29, 0.717) is 5.82 Å². The van der Waals surface area contributed by atoms with Crippen LogP contribution in [0.3, 0.4) is 0 Å². The number of H-pyrrole nitrogens is 1. The van der Waals surface area contributed by atoms with Gasteiger partial charge in [0.15, 0.2) is 5.82 Å². The predicted molar refractivity (Wildman–Crippen MR) is 66.1 cm³/mol. The van der Waals surface area contributed by atoms with Gasteiger partial charge in [-0.3, -0.25) is 10.4 Å². The predicted octanol–water partition coefficient (Wildman–Crippen LogP) is 1.14. The lowest BCUT2D eigenvalue weighted by Crippen LogP contribution is -2.24. The molecule has 0 fully saturated rings. The Balaban J connectivity index is 2.29. The largest absolute Gasteiger partial charge is 0.368 e. The molecule has 4 N–H and O–H groups in total. The molecule has 7 heteroatoms. The third kappa shape index (κ3) is 2.27. The van der Waals surface area contributed by atoms with E-state index in [-0.39, 0.29) is 6.03 Å². The highest BCUT2D eigenvalue weighted by Gasteiger charge is 2.07. The van der Waals surface area contributed by atoms with Gasteiger partial charge < -0.3 is 10.6 Å². The summed E-state index contributed by atoms with van der Waals surface area (Å²) < 4.78 is 0. The molecule has 2 aromatic rings. The van der Waals surface area contributed by atoms with Crippen LogP contribution in [-0.2, 0) is 0 Å². The molecule has 0 saturated heterocycles. The summed E-state index contributed by atoms with van der Waals surface area (Å²) >= 11 is 0. The van der Waals surface area contributed by atoms with Gasteiger partial charge in [-0.1, -0.05) is 0 Å². The molecule has 2 heterocycles. The fourth-order valence-electron chi connectivity index (χ4n) is 1.46. The number of hydrogen-bond acceptors (Lipinski definition) is 4. The van der Waals surface area contributed by atoms with E-state index >= 15 is 0 Å². The second kappa shape index (κ2) is 4.69. The molecular formula is C10H14N6O. The van der Waals surface area contributed by atoms with Gasteiger partial charge in [0.2, 0.25) is 0 Å². The van der Waals surface area contributed by atoms with E-state index in [9.17, 15) is 4.79 Å². The van der Waals surface area contributed by atoms with Crippen molar-refractivity contribution in [2.75, 3.05) is 24.2 Å². The Labute approximate surface area is 98.0 Å². The maximum absolute atomic E-state index is 11.1. The topological polar surface area (TPSA) is 94.7 Å². The van der Waals surface area contributed by atoms with Gasteiger partial charge in [-0.2, -0.15) is 5.10 Å². The lowest BCUT2D eigenvalue weighted by atomic mass is 10.3. The first-order valence-corrected chi connectivity index (χ1v) is 5.31. The number of carbonyl (C=O) groups is 1. The van der Waals surface area contributed by atoms with E-state index < -0.39 is 0 Å². The van der Waals surface area contributed by atoms with E-state index in [1.54, 1.807) is 19.3 Å². The zero-order valence-corrected chi connectivity index (χ0v) is 9.66. The van der Waals surface area contributed by atoms with Gasteiger partial charge in [0.05, 0.1) is 10.9 Å². The number of aromatic nitrogens is 3. The molecule has 0 aliphatic rings. The fourth-order valence-corrected chi connectivity index (χ4v) is 1.46. The molecule has 0 aliphatic carbocycles. The Morgan fingerprint density at radius 1 is 1.53 bits per heavy atom. The average Bonchev–Trinajstić information content (AvgIpc) is 2.72. The summed E-state index contributed by atoms with van der Waals surface area (Å²) in [4.78, 5) is 15.3. The number of anilines is 2. The minimum absolute atomic E-state index is 0.303. The van der Waals surface area contributed by atoms with Gasteiger partial charge in [0, 0.05) is 25.9 Å². The summed E-state index contributed by atoms with van der Waals surface area (Å²) in [5.74, 6) is 1.24. The maximum atomic E-state index is 11.1. The Bertz CT molecular complexity index is 535. The molecule has 0 unspecified atom stereocenters. The maximum Gasteiger partial charge on any atom is 0.320 e. The molecule has 0 bridgehead atoms. The summed E-state index contributed by atoms with van der Waals surface area (Å²) in [7, 11) is 1.55. The zero-order chi connectivity index (χ0) is 12.3. The number of amides is 2. The van der Waals surface area contributed by atoms with Crippen molar-refractivity contribution in [3.63, 3.8) is 0 Å². The number of rotatable bonds is 3. The van der Waals surface area contributed by atoms with Crippen molar-refractivity contribution in [2.45, 2.75) is 6.92 Å². The number of urea groups is 1. The molecule has 90 valence electrons. The Kier molecular flexibility index (Phi) is 3.08. The third-order valence-electron chi connectivity index (χ3n) is 2.26. The SMILES string of the molecule is CCNc1n[nH]c2cc(NC(=O)NC)ncc12. The number of fused-ring (bicyclic) bond motifs is 1. The molecule has 0 aliphatic heterocycles. The summed E-state index contributed by atoms with van der Waals surface area (Å²) in [6.07, 6.45) is 1.67. The smallest absolute Gasteiger partial charge is 0.320 e. The summed E-state index contributed by atoms with van der Waals surface area (Å²) in [6, 6.07) is 1.43. The van der Waals surface area contributed by atoms with Crippen LogP contribution in [0, 0.1) is 0 Å². The van der Waals surface area contributed by atoms with Crippen LogP contribution in [0.15, 0.2) is 12.3 Å². The molecule has 2 aromatic heterocycles. The highest BCUT2D eigenvalue weighted by molar-refractivity contribution is 5.93. The lowest BCUT2D eigenvalue weighted by molar-refractivity contribution is 0.254. The van der Waals surface area contributed by atoms with E-state index in [2.05, 4.69) is 31.1 Å². The molecule has 2 rings (SSSR count). The van der Waals surface area contributed by atoms with Crippen molar-refractivity contribution in [3.8, 4) is 0 Å². The van der Waals surface area contributed by atoms with Crippen molar-refractivity contribution in [2.24, 2.45) is 0 Å². The first-order valence-electron chi connectivity index (χ1n) is 5.31. The van der Waals surface area contributed by atoms with Gasteiger partial charge >= 0.3 is 6.03 Å². The van der Waals surface area contributed by atoms with E-state index in [1.165, 1.54) is 0 Å². The summed E-state index contributed by atoms with van der Waals surface area (Å²) in [6.45, 7) is 2.79. The van der Waals surface area contributed by atoms with Crippen LogP contribution >= 0.6 is 0 Å². The summed E-state index contributed by atoms with van der Waals surface area (Å²) in [5, 5.41) is 16.1. The Hall–Kier alpha value is -2.31. The third-order valence-corrected chi connectivity index (χ3v) is 2.26. The monoisotopic (exact) mass is 234 g/mol. The number of hydrogen-bond donors (Lipinski definition) is 4. The van der Waals surface area contributed by atoms with Crippen LogP contribution in [-0.4, -0.2) is 34.8 Å². The van der Waals surface area contributed by atoms with Crippen LogP contribution in [0.4, 0.5) is 16.4 Å². The quantitative estimate of drug-likeness (QED) is 0.640. The first-order chi connectivity index (χ1) is 8.24. The summed E-state index contributed by atoms with van der Waals surface area (Å²) in [5.41, 5.74) is 0.822. The number of pyridine rings is 1. The molecule has 7 nitrogen and oxygen atoms in total. The molecule has 0 atom stereocenters. The van der Waals surface area contributed by atoms with Crippen molar-refractivity contribution in [1.82, 2.24) is 20.5 Å². The van der Waals surface area contributed by atoms with Crippen molar-refractivity contribution in [1.29, 1.82) is 0 Å². The van der Waals surface area contributed by atoms with Crippen LogP contribution in [0.2, 0.25) is 0 Å². The highest BCUT2D eigenvalue weighted by atomic mass is 16.2. The number of aromatic amines is 1. The van der Waals surface area contributed by atoms with Gasteiger partial charge in [-0.05, 0) is 6.92 Å². The van der Waals surface area contributed by atoms with E-state index in [0.717, 1.165) is 23.3 Å². The minimum atomic E-state index is -0.303. The zero-order valence-electron chi connectivity index (χ0n) is 9.66. The second-order valence-electron chi connectivity index (χ2n) is 3.42. The normalized spacial score (nSPS) is 10.2. The van der Waals surface area contributed by atoms with Crippen LogP contribution in [0.1, 0.15) is 6.92 Å². The van der Waals surface area contributed by atoms with Gasteiger partial charge in [0.25, 0.3) is 0 Å². The van der Waals surface area contributed by atoms with Crippen LogP contribution in [0.25, 0.3) is 10.9 Å². The molecule has 2 amide bonds. The molecule has 0 spiro atoms. The first kappa shape index (κ1) is 11.2. The second-order valence-corrected chi connectivity index (χ2v) is 3.42. The standard InChI is InChI=1S/C10H14N6O/c1-3-12-9-6-5-13-8(14-10(17)11-2)4-7(6)15-16-9/h4-5H,3H2,1-2H3,(H2,12,15,16)(H2,11,13,14,17). The molecular weight excluding hydrogens is 220 g/mol. The molecule has 0 radical (unpaired) electrons. The van der Waals surface area contributed by atoms with Gasteiger partial charge in [-0.15, -0.1) is 0 Å². The average molecular weight is 234 g/mol. The molecule has 0 aromatic carbocycles. The van der Waals surface area contributed by atoms with Gasteiger partial charge in [0.1, 0.15) is 5.82 Å². The minimum Gasteiger partial charge on any atom is -0.368 e. The highest BCUT2D eigenvalue weighted by Crippen LogP contribution is 2.21. The Morgan fingerprint density at radius 3 is 3.06 bits per heavy atom. The lowest BCUT2D eigenvalue weighted by Gasteiger charge is -2.03. The molecule has 0 saturated carbocycles. The van der Waals surface area contributed by atoms with Crippen LogP contribution in [0.5, 0.6) is 0 Å². The number of carbonyl (C=O) groups excluding carboxylic acids is 1. The van der Waals surface area contributed by atoms with Crippen molar-refractivity contribution >= 4 is 28.6 Å². The van der Waals surface area contributed by atoms with Crippen molar-refractivity contribution < 1.29 is 4.79 Å². The molecule has 17 heavy (non-hydrogen) atoms. The number of nitrogens with zero attached hydrogens (tertiary/aromatic N) is 2. The fraction of sp³-hybridized carbons (Fsp3) is 0.300. The Morgan fingerprint density at radius 2 is 2.35 bits per heavy atom. The van der Waals surface area contributed by atoms with E-state index in [1.807, 2.05) is 6.92 Å². The van der Waals surface area contributed by atoms with Crippen molar-refractivity contribution in [3.05, 3.63) is 12.3 Å².